The molecule has 0 radical (unpaired) electrons. The Hall–Kier alpha value is -1.12. The maximum Gasteiger partial charge on any atom is 0.0806 e. The van der Waals surface area contributed by atoms with Gasteiger partial charge in [0.1, 0.15) is 0 Å². The van der Waals surface area contributed by atoms with Crippen molar-refractivity contribution in [3.8, 4) is 0 Å². The number of hydrogen-bond acceptors (Lipinski definition) is 2. The second-order valence-corrected chi connectivity index (χ2v) is 4.52. The fourth-order valence-electron chi connectivity index (χ4n) is 2.10. The maximum atomic E-state index is 10.2. The lowest BCUT2D eigenvalue weighted by atomic mass is 9.90. The Bertz CT molecular complexity index is 339. The minimum Gasteiger partial charge on any atom is -0.388 e. The SMILES string of the molecule is OC1(C/C=C/c2ccccc2)CCCNC1. The molecule has 0 aromatic heterocycles. The van der Waals surface area contributed by atoms with Crippen LogP contribution in [0.4, 0.5) is 0 Å². The van der Waals surface area contributed by atoms with E-state index in [1.807, 2.05) is 18.2 Å². The van der Waals surface area contributed by atoms with E-state index in [0.29, 0.717) is 6.54 Å². The van der Waals surface area contributed by atoms with Crippen molar-refractivity contribution in [3.05, 3.63) is 42.0 Å². The first-order valence-electron chi connectivity index (χ1n) is 5.93. The maximum absolute atomic E-state index is 10.2. The quantitative estimate of drug-likeness (QED) is 0.813. The molecule has 1 unspecified atom stereocenters. The van der Waals surface area contributed by atoms with Crippen molar-refractivity contribution in [2.75, 3.05) is 13.1 Å². The molecule has 2 rings (SSSR count). The molecule has 1 aliphatic rings. The number of hydrogen-bond donors (Lipinski definition) is 2. The topological polar surface area (TPSA) is 32.3 Å². The smallest absolute Gasteiger partial charge is 0.0806 e. The first-order valence-corrected chi connectivity index (χ1v) is 5.93. The zero-order valence-corrected chi connectivity index (χ0v) is 9.52. The zero-order chi connectivity index (χ0) is 11.3. The Kier molecular flexibility index (Phi) is 3.75. The Balaban J connectivity index is 1.89. The summed E-state index contributed by atoms with van der Waals surface area (Å²) in [6.45, 7) is 1.75. The number of benzene rings is 1. The van der Waals surface area contributed by atoms with Gasteiger partial charge < -0.3 is 10.4 Å². The Morgan fingerprint density at radius 3 is 2.81 bits per heavy atom. The van der Waals surface area contributed by atoms with Crippen molar-refractivity contribution in [2.24, 2.45) is 0 Å². The Labute approximate surface area is 97.0 Å². The minimum absolute atomic E-state index is 0.538. The molecule has 0 amide bonds. The molecular formula is C14H19NO. The van der Waals surface area contributed by atoms with E-state index >= 15 is 0 Å². The average Bonchev–Trinajstić information content (AvgIpc) is 2.31. The molecule has 0 bridgehead atoms. The Morgan fingerprint density at radius 1 is 1.31 bits per heavy atom. The van der Waals surface area contributed by atoms with Crippen LogP contribution < -0.4 is 5.32 Å². The van der Waals surface area contributed by atoms with Crippen molar-refractivity contribution in [1.82, 2.24) is 5.32 Å². The molecule has 1 aromatic rings. The number of piperidine rings is 1. The monoisotopic (exact) mass is 217 g/mol. The third kappa shape index (κ3) is 3.19. The van der Waals surface area contributed by atoms with Crippen LogP contribution in [0.1, 0.15) is 24.8 Å². The fourth-order valence-corrected chi connectivity index (χ4v) is 2.10. The van der Waals surface area contributed by atoms with E-state index in [-0.39, 0.29) is 0 Å². The molecule has 2 heteroatoms. The lowest BCUT2D eigenvalue weighted by Gasteiger charge is -2.31. The summed E-state index contributed by atoms with van der Waals surface area (Å²) < 4.78 is 0. The van der Waals surface area contributed by atoms with E-state index in [4.69, 9.17) is 0 Å². The van der Waals surface area contributed by atoms with Crippen molar-refractivity contribution in [3.63, 3.8) is 0 Å². The highest BCUT2D eigenvalue weighted by Gasteiger charge is 2.27. The van der Waals surface area contributed by atoms with Gasteiger partial charge in [0.05, 0.1) is 5.60 Å². The molecule has 1 fully saturated rings. The molecule has 1 aromatic carbocycles. The summed E-state index contributed by atoms with van der Waals surface area (Å²) in [4.78, 5) is 0. The van der Waals surface area contributed by atoms with E-state index in [9.17, 15) is 5.11 Å². The molecule has 1 heterocycles. The van der Waals surface area contributed by atoms with E-state index in [0.717, 1.165) is 25.8 Å². The van der Waals surface area contributed by atoms with Crippen molar-refractivity contribution < 1.29 is 5.11 Å². The molecule has 0 saturated carbocycles. The third-order valence-electron chi connectivity index (χ3n) is 3.06. The average molecular weight is 217 g/mol. The molecule has 86 valence electrons. The molecule has 1 atom stereocenters. The summed E-state index contributed by atoms with van der Waals surface area (Å²) in [6, 6.07) is 10.2. The number of rotatable bonds is 3. The number of nitrogens with one attached hydrogen (secondary N) is 1. The van der Waals surface area contributed by atoms with E-state index < -0.39 is 5.60 Å². The van der Waals surface area contributed by atoms with Crippen LogP contribution in [-0.4, -0.2) is 23.8 Å². The van der Waals surface area contributed by atoms with E-state index in [1.165, 1.54) is 5.56 Å². The number of aliphatic hydroxyl groups is 1. The van der Waals surface area contributed by atoms with Gasteiger partial charge in [0.15, 0.2) is 0 Å². The van der Waals surface area contributed by atoms with Gasteiger partial charge >= 0.3 is 0 Å². The summed E-state index contributed by atoms with van der Waals surface area (Å²) in [7, 11) is 0. The normalized spacial score (nSPS) is 26.1. The van der Waals surface area contributed by atoms with Gasteiger partial charge in [-0.3, -0.25) is 0 Å². The Morgan fingerprint density at radius 2 is 2.12 bits per heavy atom. The first-order chi connectivity index (χ1) is 7.79. The second kappa shape index (κ2) is 5.28. The third-order valence-corrected chi connectivity index (χ3v) is 3.06. The molecule has 0 aliphatic carbocycles. The molecule has 2 N–H and O–H groups in total. The highest BCUT2D eigenvalue weighted by Crippen LogP contribution is 2.20. The van der Waals surface area contributed by atoms with Gasteiger partial charge in [-0.2, -0.15) is 0 Å². The van der Waals surface area contributed by atoms with Crippen molar-refractivity contribution in [2.45, 2.75) is 24.9 Å². The van der Waals surface area contributed by atoms with Crippen LogP contribution in [0.5, 0.6) is 0 Å². The standard InChI is InChI=1S/C14H19NO/c16-14(10-5-11-15-12-14)9-4-8-13-6-2-1-3-7-13/h1-4,6-8,15-16H,5,9-12H2/b8-4+. The second-order valence-electron chi connectivity index (χ2n) is 4.52. The summed E-state index contributed by atoms with van der Waals surface area (Å²) in [5.41, 5.74) is 0.652. The molecular weight excluding hydrogens is 198 g/mol. The van der Waals surface area contributed by atoms with Gasteiger partial charge in [-0.15, -0.1) is 0 Å². The van der Waals surface area contributed by atoms with Crippen LogP contribution in [0.25, 0.3) is 6.08 Å². The largest absolute Gasteiger partial charge is 0.388 e. The predicted molar refractivity (Wildman–Crippen MR) is 67.1 cm³/mol. The van der Waals surface area contributed by atoms with Gasteiger partial charge in [0.2, 0.25) is 0 Å². The molecule has 0 spiro atoms. The highest BCUT2D eigenvalue weighted by atomic mass is 16.3. The van der Waals surface area contributed by atoms with Crippen LogP contribution in [0.15, 0.2) is 36.4 Å². The number of β-amino-alcohol motifs (C(OH)–C–C–N with tert-alkyl or cyclic N) is 1. The van der Waals surface area contributed by atoms with E-state index in [1.54, 1.807) is 0 Å². The summed E-state index contributed by atoms with van der Waals surface area (Å²) in [5.74, 6) is 0. The molecule has 2 nitrogen and oxygen atoms in total. The lowest BCUT2D eigenvalue weighted by Crippen LogP contribution is -2.45. The van der Waals surface area contributed by atoms with Crippen LogP contribution in [-0.2, 0) is 0 Å². The lowest BCUT2D eigenvalue weighted by molar-refractivity contribution is 0.0196. The van der Waals surface area contributed by atoms with Gasteiger partial charge in [-0.05, 0) is 31.4 Å². The molecule has 16 heavy (non-hydrogen) atoms. The highest BCUT2D eigenvalue weighted by molar-refractivity contribution is 5.48. The van der Waals surface area contributed by atoms with Gasteiger partial charge in [-0.1, -0.05) is 42.5 Å². The zero-order valence-electron chi connectivity index (χ0n) is 9.52. The summed E-state index contributed by atoms with van der Waals surface area (Å²) >= 11 is 0. The van der Waals surface area contributed by atoms with Crippen LogP contribution in [0, 0.1) is 0 Å². The minimum atomic E-state index is -0.538. The van der Waals surface area contributed by atoms with Gasteiger partial charge in [0, 0.05) is 6.54 Å². The molecule has 1 aliphatic heterocycles. The fraction of sp³-hybridized carbons (Fsp3) is 0.429. The van der Waals surface area contributed by atoms with E-state index in [2.05, 4.69) is 29.6 Å². The van der Waals surface area contributed by atoms with Crippen LogP contribution in [0.3, 0.4) is 0 Å². The van der Waals surface area contributed by atoms with Crippen molar-refractivity contribution >= 4 is 6.08 Å². The van der Waals surface area contributed by atoms with Gasteiger partial charge in [-0.25, -0.2) is 0 Å². The van der Waals surface area contributed by atoms with Gasteiger partial charge in [0.25, 0.3) is 0 Å². The van der Waals surface area contributed by atoms with Crippen LogP contribution >= 0.6 is 0 Å². The molecule has 1 saturated heterocycles. The first kappa shape index (κ1) is 11.4. The summed E-state index contributed by atoms with van der Waals surface area (Å²) in [6.07, 6.45) is 6.85. The summed E-state index contributed by atoms with van der Waals surface area (Å²) in [5, 5.41) is 13.5. The van der Waals surface area contributed by atoms with Crippen LogP contribution in [0.2, 0.25) is 0 Å². The predicted octanol–water partition coefficient (Wildman–Crippen LogP) is 2.20. The van der Waals surface area contributed by atoms with Crippen molar-refractivity contribution in [1.29, 1.82) is 0 Å².